The fraction of sp³-hybridized carbons (Fsp3) is 0.500. The highest BCUT2D eigenvalue weighted by Gasteiger charge is 2.04. The molecule has 6 heteroatoms. The largest absolute Gasteiger partial charge is 0.432 e. The highest BCUT2D eigenvalue weighted by Crippen LogP contribution is 2.08. The fourth-order valence-corrected chi connectivity index (χ4v) is 0.977. The SMILES string of the molecule is C1CNCCN1.O=[N+]([O-])c1ccco1. The second-order valence-electron chi connectivity index (χ2n) is 2.71. The molecule has 2 rings (SSSR count). The first kappa shape index (κ1) is 10.7. The second kappa shape index (κ2) is 6.11. The molecular weight excluding hydrogens is 186 g/mol. The van der Waals surface area contributed by atoms with Crippen molar-refractivity contribution in [2.75, 3.05) is 26.2 Å². The molecule has 78 valence electrons. The Kier molecular flexibility index (Phi) is 4.66. The Bertz CT molecular complexity index is 245. The molecule has 0 amide bonds. The lowest BCUT2D eigenvalue weighted by molar-refractivity contribution is -0.402. The highest BCUT2D eigenvalue weighted by molar-refractivity contribution is 5.11. The van der Waals surface area contributed by atoms with Crippen LogP contribution >= 0.6 is 0 Å². The zero-order valence-electron chi connectivity index (χ0n) is 7.73. The summed E-state index contributed by atoms with van der Waals surface area (Å²) in [6, 6.07) is 2.76. The Labute approximate surface area is 81.4 Å². The van der Waals surface area contributed by atoms with Crippen LogP contribution in [0.2, 0.25) is 0 Å². The first-order chi connectivity index (χ1) is 6.80. The lowest BCUT2D eigenvalue weighted by Gasteiger charge is -2.11. The molecule has 0 radical (unpaired) electrons. The summed E-state index contributed by atoms with van der Waals surface area (Å²) in [6.45, 7) is 4.56. The normalized spacial score (nSPS) is 15.4. The molecular formula is C8H13N3O3. The molecule has 1 aromatic heterocycles. The lowest BCUT2D eigenvalue weighted by atomic mass is 10.4. The van der Waals surface area contributed by atoms with E-state index in [0.29, 0.717) is 0 Å². The Morgan fingerprint density at radius 3 is 2.07 bits per heavy atom. The molecule has 2 heterocycles. The molecule has 1 aliphatic heterocycles. The minimum Gasteiger partial charge on any atom is -0.409 e. The Morgan fingerprint density at radius 2 is 1.86 bits per heavy atom. The predicted octanol–water partition coefficient (Wildman–Crippen LogP) is 0.367. The van der Waals surface area contributed by atoms with E-state index < -0.39 is 4.92 Å². The summed E-state index contributed by atoms with van der Waals surface area (Å²) in [5, 5.41) is 16.2. The van der Waals surface area contributed by atoms with Gasteiger partial charge < -0.3 is 15.1 Å². The van der Waals surface area contributed by atoms with Gasteiger partial charge in [0.2, 0.25) is 0 Å². The number of nitro groups is 1. The maximum atomic E-state index is 9.77. The van der Waals surface area contributed by atoms with Crippen LogP contribution in [0, 0.1) is 10.1 Å². The molecule has 0 saturated carbocycles. The summed E-state index contributed by atoms with van der Waals surface area (Å²) < 4.78 is 4.40. The van der Waals surface area contributed by atoms with Gasteiger partial charge in [-0.1, -0.05) is 0 Å². The smallest absolute Gasteiger partial charge is 0.409 e. The van der Waals surface area contributed by atoms with Gasteiger partial charge in [0.1, 0.15) is 4.92 Å². The van der Waals surface area contributed by atoms with Gasteiger partial charge in [-0.25, -0.2) is 0 Å². The highest BCUT2D eigenvalue weighted by atomic mass is 16.6. The van der Waals surface area contributed by atoms with Crippen LogP contribution in [0.4, 0.5) is 5.88 Å². The van der Waals surface area contributed by atoms with E-state index >= 15 is 0 Å². The summed E-state index contributed by atoms with van der Waals surface area (Å²) in [5.41, 5.74) is 0. The van der Waals surface area contributed by atoms with Crippen molar-refractivity contribution in [3.05, 3.63) is 28.5 Å². The minimum atomic E-state index is -0.583. The zero-order valence-corrected chi connectivity index (χ0v) is 7.73. The molecule has 0 atom stereocenters. The summed E-state index contributed by atoms with van der Waals surface area (Å²) in [4.78, 5) is 9.19. The van der Waals surface area contributed by atoms with E-state index in [-0.39, 0.29) is 5.88 Å². The Balaban J connectivity index is 0.000000146. The predicted molar refractivity (Wildman–Crippen MR) is 51.1 cm³/mol. The zero-order chi connectivity index (χ0) is 10.2. The number of nitrogens with zero attached hydrogens (tertiary/aromatic N) is 1. The van der Waals surface area contributed by atoms with Crippen LogP contribution in [0.5, 0.6) is 0 Å². The van der Waals surface area contributed by atoms with Gasteiger partial charge in [-0.15, -0.1) is 0 Å². The number of hydrogen-bond acceptors (Lipinski definition) is 5. The van der Waals surface area contributed by atoms with Crippen molar-refractivity contribution in [3.8, 4) is 0 Å². The van der Waals surface area contributed by atoms with Crippen LogP contribution in [0.3, 0.4) is 0 Å². The van der Waals surface area contributed by atoms with Crippen molar-refractivity contribution in [2.24, 2.45) is 0 Å². The molecule has 2 N–H and O–H groups in total. The van der Waals surface area contributed by atoms with E-state index in [1.807, 2.05) is 0 Å². The maximum Gasteiger partial charge on any atom is 0.432 e. The molecule has 0 aliphatic carbocycles. The molecule has 1 fully saturated rings. The van der Waals surface area contributed by atoms with Gasteiger partial charge in [0, 0.05) is 26.2 Å². The first-order valence-electron chi connectivity index (χ1n) is 4.40. The number of furan rings is 1. The molecule has 1 aromatic rings. The maximum absolute atomic E-state index is 9.77. The summed E-state index contributed by atoms with van der Waals surface area (Å²) in [7, 11) is 0. The van der Waals surface area contributed by atoms with E-state index in [2.05, 4.69) is 15.1 Å². The van der Waals surface area contributed by atoms with E-state index in [4.69, 9.17) is 0 Å². The lowest BCUT2D eigenvalue weighted by Crippen LogP contribution is -2.39. The molecule has 14 heavy (non-hydrogen) atoms. The van der Waals surface area contributed by atoms with Crippen molar-refractivity contribution in [1.82, 2.24) is 10.6 Å². The van der Waals surface area contributed by atoms with Crippen molar-refractivity contribution in [2.45, 2.75) is 0 Å². The van der Waals surface area contributed by atoms with Gasteiger partial charge in [0.05, 0.1) is 12.3 Å². The van der Waals surface area contributed by atoms with Gasteiger partial charge >= 0.3 is 5.88 Å². The molecule has 6 nitrogen and oxygen atoms in total. The number of piperazine rings is 1. The second-order valence-corrected chi connectivity index (χ2v) is 2.71. The van der Waals surface area contributed by atoms with Crippen LogP contribution in [-0.2, 0) is 0 Å². The van der Waals surface area contributed by atoms with Crippen LogP contribution in [0.15, 0.2) is 22.8 Å². The van der Waals surface area contributed by atoms with Gasteiger partial charge in [0.25, 0.3) is 0 Å². The molecule has 1 aliphatic rings. The number of rotatable bonds is 1. The molecule has 0 spiro atoms. The van der Waals surface area contributed by atoms with E-state index in [1.165, 1.54) is 18.4 Å². The minimum absolute atomic E-state index is 0.218. The number of nitrogens with one attached hydrogen (secondary N) is 2. The van der Waals surface area contributed by atoms with Crippen LogP contribution < -0.4 is 10.6 Å². The monoisotopic (exact) mass is 199 g/mol. The third kappa shape index (κ3) is 4.01. The topological polar surface area (TPSA) is 80.3 Å². The van der Waals surface area contributed by atoms with Crippen LogP contribution in [0.25, 0.3) is 0 Å². The van der Waals surface area contributed by atoms with Gasteiger partial charge in [-0.05, 0) is 6.07 Å². The third-order valence-corrected chi connectivity index (χ3v) is 1.64. The standard InChI is InChI=1S/C4H10N2.C4H3NO3/c1-2-6-4-3-5-1;6-5(7)4-2-1-3-8-4/h5-6H,1-4H2;1-3H. The molecule has 1 saturated heterocycles. The van der Waals surface area contributed by atoms with E-state index in [9.17, 15) is 10.1 Å². The van der Waals surface area contributed by atoms with Gasteiger partial charge in [-0.2, -0.15) is 0 Å². The van der Waals surface area contributed by atoms with Crippen LogP contribution in [0.1, 0.15) is 0 Å². The average molecular weight is 199 g/mol. The first-order valence-corrected chi connectivity index (χ1v) is 4.40. The van der Waals surface area contributed by atoms with Crippen LogP contribution in [-0.4, -0.2) is 31.1 Å². The number of hydrogen-bond donors (Lipinski definition) is 2. The summed E-state index contributed by atoms with van der Waals surface area (Å²) >= 11 is 0. The summed E-state index contributed by atoms with van der Waals surface area (Å²) in [6.07, 6.45) is 1.26. The van der Waals surface area contributed by atoms with E-state index in [1.54, 1.807) is 0 Å². The van der Waals surface area contributed by atoms with Crippen molar-refractivity contribution in [1.29, 1.82) is 0 Å². The van der Waals surface area contributed by atoms with E-state index in [0.717, 1.165) is 26.2 Å². The van der Waals surface area contributed by atoms with Crippen molar-refractivity contribution >= 4 is 5.88 Å². The Morgan fingerprint density at radius 1 is 1.29 bits per heavy atom. The van der Waals surface area contributed by atoms with Crippen molar-refractivity contribution < 1.29 is 9.34 Å². The molecule has 0 aromatic carbocycles. The third-order valence-electron chi connectivity index (χ3n) is 1.64. The molecule has 0 unspecified atom stereocenters. The Hall–Kier alpha value is -1.40. The van der Waals surface area contributed by atoms with Gasteiger partial charge in [-0.3, -0.25) is 10.1 Å². The average Bonchev–Trinajstić information content (AvgIpc) is 2.74. The quantitative estimate of drug-likeness (QED) is 0.504. The summed E-state index contributed by atoms with van der Waals surface area (Å²) in [5.74, 6) is -0.218. The van der Waals surface area contributed by atoms with Crippen molar-refractivity contribution in [3.63, 3.8) is 0 Å². The van der Waals surface area contributed by atoms with Gasteiger partial charge in [0.15, 0.2) is 0 Å². The fourth-order valence-electron chi connectivity index (χ4n) is 0.977. The molecule has 0 bridgehead atoms.